The topological polar surface area (TPSA) is 34.1 Å². The highest BCUT2D eigenvalue weighted by molar-refractivity contribution is 9.10. The van der Waals surface area contributed by atoms with Gasteiger partial charge < -0.3 is 10.1 Å². The molecule has 2 aromatic rings. The van der Waals surface area contributed by atoms with Crippen LogP contribution >= 0.6 is 27.5 Å². The van der Waals surface area contributed by atoms with Crippen molar-refractivity contribution in [2.75, 3.05) is 6.54 Å². The molecule has 0 fully saturated rings. The van der Waals surface area contributed by atoms with Crippen LogP contribution in [0.25, 0.3) is 0 Å². The summed E-state index contributed by atoms with van der Waals surface area (Å²) < 4.78 is 6.83. The molecule has 1 aromatic heterocycles. The minimum absolute atomic E-state index is 0.425. The number of hydrogen-bond acceptors (Lipinski definition) is 3. The van der Waals surface area contributed by atoms with Crippen LogP contribution in [0, 0.1) is 0 Å². The Morgan fingerprint density at radius 3 is 2.86 bits per heavy atom. The number of rotatable bonds is 7. The van der Waals surface area contributed by atoms with Crippen molar-refractivity contribution in [3.05, 3.63) is 57.3 Å². The molecule has 0 atom stereocenters. The highest BCUT2D eigenvalue weighted by Crippen LogP contribution is 2.27. The molecule has 1 N–H and O–H groups in total. The Morgan fingerprint density at radius 1 is 1.29 bits per heavy atom. The average Bonchev–Trinajstić information content (AvgIpc) is 2.49. The first-order valence-electron chi connectivity index (χ1n) is 6.92. The number of nitrogens with one attached hydrogen (secondary N) is 1. The van der Waals surface area contributed by atoms with Crippen LogP contribution in [-0.2, 0) is 13.2 Å². The second-order valence-electron chi connectivity index (χ2n) is 4.65. The molecule has 0 saturated heterocycles. The van der Waals surface area contributed by atoms with Crippen molar-refractivity contribution in [1.82, 2.24) is 10.3 Å². The first-order valence-corrected chi connectivity index (χ1v) is 8.09. The summed E-state index contributed by atoms with van der Waals surface area (Å²) in [5, 5.41) is 4.07. The van der Waals surface area contributed by atoms with Gasteiger partial charge in [0.2, 0.25) is 0 Å². The standard InChI is InChI=1S/C16H18BrClN2O/c1-2-8-19-10-14-15(18)4-3-5-16(14)21-11-13-7-6-12(17)9-20-13/h3-7,9,19H,2,8,10-11H2,1H3. The van der Waals surface area contributed by atoms with Gasteiger partial charge in [0.1, 0.15) is 12.4 Å². The second kappa shape index (κ2) is 8.37. The zero-order chi connectivity index (χ0) is 15.1. The van der Waals surface area contributed by atoms with Crippen LogP contribution in [0.1, 0.15) is 24.6 Å². The van der Waals surface area contributed by atoms with Crippen LogP contribution in [0.15, 0.2) is 41.0 Å². The minimum atomic E-state index is 0.425. The van der Waals surface area contributed by atoms with E-state index in [2.05, 4.69) is 33.2 Å². The monoisotopic (exact) mass is 368 g/mol. The van der Waals surface area contributed by atoms with Crippen molar-refractivity contribution in [3.8, 4) is 5.75 Å². The van der Waals surface area contributed by atoms with Crippen LogP contribution < -0.4 is 10.1 Å². The predicted molar refractivity (Wildman–Crippen MR) is 89.7 cm³/mol. The molecule has 0 radical (unpaired) electrons. The molecule has 21 heavy (non-hydrogen) atoms. The predicted octanol–water partition coefficient (Wildman–Crippen LogP) is 4.58. The van der Waals surface area contributed by atoms with Crippen molar-refractivity contribution in [1.29, 1.82) is 0 Å². The number of benzene rings is 1. The Hall–Kier alpha value is -1.10. The summed E-state index contributed by atoms with van der Waals surface area (Å²) in [5.74, 6) is 0.802. The lowest BCUT2D eigenvalue weighted by atomic mass is 10.2. The molecular weight excluding hydrogens is 352 g/mol. The van der Waals surface area contributed by atoms with Crippen LogP contribution in [-0.4, -0.2) is 11.5 Å². The molecule has 0 aliphatic heterocycles. The Morgan fingerprint density at radius 2 is 2.14 bits per heavy atom. The van der Waals surface area contributed by atoms with Gasteiger partial charge in [-0.25, -0.2) is 0 Å². The molecule has 5 heteroatoms. The minimum Gasteiger partial charge on any atom is -0.487 e. The van der Waals surface area contributed by atoms with Gasteiger partial charge in [-0.15, -0.1) is 0 Å². The van der Waals surface area contributed by atoms with Crippen LogP contribution in [0.4, 0.5) is 0 Å². The van der Waals surface area contributed by atoms with Crippen LogP contribution in [0.5, 0.6) is 5.75 Å². The van der Waals surface area contributed by atoms with Crippen molar-refractivity contribution < 1.29 is 4.74 Å². The summed E-state index contributed by atoms with van der Waals surface area (Å²) in [6, 6.07) is 9.61. The highest BCUT2D eigenvalue weighted by Gasteiger charge is 2.08. The average molecular weight is 370 g/mol. The van der Waals surface area contributed by atoms with Crippen molar-refractivity contribution in [2.45, 2.75) is 26.5 Å². The van der Waals surface area contributed by atoms with Gasteiger partial charge in [-0.2, -0.15) is 0 Å². The van der Waals surface area contributed by atoms with Gasteiger partial charge in [-0.3, -0.25) is 4.98 Å². The van der Waals surface area contributed by atoms with Crippen LogP contribution in [0.2, 0.25) is 5.02 Å². The lowest BCUT2D eigenvalue weighted by Crippen LogP contribution is -2.15. The molecule has 1 heterocycles. The van der Waals surface area contributed by atoms with Crippen molar-refractivity contribution in [2.24, 2.45) is 0 Å². The third-order valence-electron chi connectivity index (χ3n) is 2.97. The number of ether oxygens (including phenoxy) is 1. The van der Waals surface area contributed by atoms with Gasteiger partial charge in [0.25, 0.3) is 0 Å². The summed E-state index contributed by atoms with van der Waals surface area (Å²) in [6.45, 7) is 4.22. The molecule has 2 rings (SSSR count). The molecule has 0 saturated carbocycles. The van der Waals surface area contributed by atoms with Gasteiger partial charge in [0.05, 0.1) is 5.69 Å². The lowest BCUT2D eigenvalue weighted by Gasteiger charge is -2.13. The van der Waals surface area contributed by atoms with E-state index in [-0.39, 0.29) is 0 Å². The summed E-state index contributed by atoms with van der Waals surface area (Å²) >= 11 is 9.64. The van der Waals surface area contributed by atoms with E-state index >= 15 is 0 Å². The van der Waals surface area contributed by atoms with E-state index in [1.807, 2.05) is 30.3 Å². The molecule has 0 bridgehead atoms. The molecule has 0 amide bonds. The van der Waals surface area contributed by atoms with E-state index in [1.165, 1.54) is 0 Å². The largest absolute Gasteiger partial charge is 0.487 e. The molecule has 1 aromatic carbocycles. The molecule has 0 aliphatic carbocycles. The van der Waals surface area contributed by atoms with Gasteiger partial charge in [-0.1, -0.05) is 24.6 Å². The number of halogens is 2. The summed E-state index contributed by atoms with van der Waals surface area (Å²) in [6.07, 6.45) is 2.85. The molecule has 0 aliphatic rings. The zero-order valence-corrected chi connectivity index (χ0v) is 14.2. The maximum absolute atomic E-state index is 6.27. The maximum atomic E-state index is 6.27. The van der Waals surface area contributed by atoms with Crippen molar-refractivity contribution >= 4 is 27.5 Å². The Kier molecular flexibility index (Phi) is 6.49. The lowest BCUT2D eigenvalue weighted by molar-refractivity contribution is 0.297. The number of nitrogens with zero attached hydrogens (tertiary/aromatic N) is 1. The molecular formula is C16H18BrClN2O. The summed E-state index contributed by atoms with van der Waals surface area (Å²) in [4.78, 5) is 4.30. The quantitative estimate of drug-likeness (QED) is 0.726. The SMILES string of the molecule is CCCNCc1c(Cl)cccc1OCc1ccc(Br)cn1. The zero-order valence-electron chi connectivity index (χ0n) is 11.9. The molecule has 112 valence electrons. The maximum Gasteiger partial charge on any atom is 0.130 e. The number of hydrogen-bond donors (Lipinski definition) is 1. The summed E-state index contributed by atoms with van der Waals surface area (Å²) in [5.41, 5.74) is 1.87. The molecule has 3 nitrogen and oxygen atoms in total. The fourth-order valence-electron chi connectivity index (χ4n) is 1.88. The third kappa shape index (κ3) is 4.99. The van der Waals surface area contributed by atoms with E-state index in [1.54, 1.807) is 6.20 Å². The van der Waals surface area contributed by atoms with Gasteiger partial charge in [-0.05, 0) is 53.2 Å². The Bertz CT molecular complexity index is 575. The Balaban J connectivity index is 2.04. The van der Waals surface area contributed by atoms with Gasteiger partial charge >= 0.3 is 0 Å². The smallest absolute Gasteiger partial charge is 0.130 e. The fourth-order valence-corrected chi connectivity index (χ4v) is 2.35. The van der Waals surface area contributed by atoms with Crippen molar-refractivity contribution in [3.63, 3.8) is 0 Å². The first kappa shape index (κ1) is 16.3. The molecule has 0 unspecified atom stereocenters. The second-order valence-corrected chi connectivity index (χ2v) is 5.97. The first-order chi connectivity index (χ1) is 10.2. The van der Waals surface area contributed by atoms with E-state index < -0.39 is 0 Å². The fraction of sp³-hybridized carbons (Fsp3) is 0.312. The normalized spacial score (nSPS) is 10.6. The van der Waals surface area contributed by atoms with E-state index in [4.69, 9.17) is 16.3 Å². The Labute approximate surface area is 138 Å². The van der Waals surface area contributed by atoms with Gasteiger partial charge in [0.15, 0.2) is 0 Å². The highest BCUT2D eigenvalue weighted by atomic mass is 79.9. The van der Waals surface area contributed by atoms with Gasteiger partial charge in [0, 0.05) is 27.8 Å². The van der Waals surface area contributed by atoms with E-state index in [0.29, 0.717) is 13.2 Å². The van der Waals surface area contributed by atoms with Crippen LogP contribution in [0.3, 0.4) is 0 Å². The number of pyridine rings is 1. The van der Waals surface area contributed by atoms with E-state index in [9.17, 15) is 0 Å². The summed E-state index contributed by atoms with van der Waals surface area (Å²) in [7, 11) is 0. The molecule has 0 spiro atoms. The van der Waals surface area contributed by atoms with E-state index in [0.717, 1.165) is 39.5 Å². The number of aromatic nitrogens is 1. The third-order valence-corrected chi connectivity index (χ3v) is 3.79.